The molecule has 0 saturated carbocycles. The number of aliphatic hydroxyl groups is 1. The zero-order chi connectivity index (χ0) is 22.9. The standard InChI is InChI=1S/C22H32N4O4S.HI/c1-5-24-22(25-14-17-9-11-20(12-10-17)31(28,29)23-4)26-15-21(27)18-7-6-8-19(13-18)30-16(2)3;/h6-13,16,21,23,27H,5,14-15H2,1-4H3,(H2,24,25,26);1H. The molecule has 0 radical (unpaired) electrons. The van der Waals surface area contributed by atoms with Gasteiger partial charge in [0, 0.05) is 13.1 Å². The van der Waals surface area contributed by atoms with Gasteiger partial charge in [-0.1, -0.05) is 24.3 Å². The summed E-state index contributed by atoms with van der Waals surface area (Å²) in [6.07, 6.45) is -0.670. The van der Waals surface area contributed by atoms with E-state index in [4.69, 9.17) is 4.74 Å². The maximum absolute atomic E-state index is 11.8. The third-order valence-corrected chi connectivity index (χ3v) is 5.77. The first-order chi connectivity index (χ1) is 14.7. The second-order valence-electron chi connectivity index (χ2n) is 7.18. The summed E-state index contributed by atoms with van der Waals surface area (Å²) < 4.78 is 31.6. The van der Waals surface area contributed by atoms with Crippen molar-refractivity contribution in [3.63, 3.8) is 0 Å². The van der Waals surface area contributed by atoms with E-state index in [9.17, 15) is 13.5 Å². The van der Waals surface area contributed by atoms with E-state index < -0.39 is 16.1 Å². The molecule has 0 aliphatic heterocycles. The van der Waals surface area contributed by atoms with Crippen molar-refractivity contribution in [2.45, 2.75) is 44.4 Å². The summed E-state index contributed by atoms with van der Waals surface area (Å²) in [7, 11) is -2.08. The number of ether oxygens (including phenoxy) is 1. The number of halogens is 1. The molecule has 1 unspecified atom stereocenters. The fraction of sp³-hybridized carbons (Fsp3) is 0.409. The number of hydrogen-bond acceptors (Lipinski definition) is 5. The van der Waals surface area contributed by atoms with Crippen LogP contribution in [0.5, 0.6) is 5.75 Å². The summed E-state index contributed by atoms with van der Waals surface area (Å²) in [4.78, 5) is 4.72. The predicted octanol–water partition coefficient (Wildman–Crippen LogP) is 2.79. The second kappa shape index (κ2) is 13.6. The normalized spacial score (nSPS) is 12.8. The summed E-state index contributed by atoms with van der Waals surface area (Å²) in [5.41, 5.74) is 1.62. The van der Waals surface area contributed by atoms with Crippen LogP contribution >= 0.6 is 24.0 Å². The second-order valence-corrected chi connectivity index (χ2v) is 9.07. The van der Waals surface area contributed by atoms with Crippen molar-refractivity contribution in [3.05, 3.63) is 59.7 Å². The van der Waals surface area contributed by atoms with Gasteiger partial charge in [0.25, 0.3) is 0 Å². The molecule has 32 heavy (non-hydrogen) atoms. The van der Waals surface area contributed by atoms with Crippen LogP contribution in [0.15, 0.2) is 58.4 Å². The molecule has 2 rings (SSSR count). The first kappa shape index (κ1) is 28.1. The SMILES string of the molecule is CCNC(=NCc1ccc(S(=O)(=O)NC)cc1)NCC(O)c1cccc(OC(C)C)c1.I. The molecular weight excluding hydrogens is 543 g/mol. The minimum absolute atomic E-state index is 0. The Bertz CT molecular complexity index is 966. The van der Waals surface area contributed by atoms with Crippen molar-refractivity contribution in [2.24, 2.45) is 4.99 Å². The maximum Gasteiger partial charge on any atom is 0.240 e. The van der Waals surface area contributed by atoms with Gasteiger partial charge in [-0.15, -0.1) is 24.0 Å². The van der Waals surface area contributed by atoms with Gasteiger partial charge in [0.05, 0.1) is 23.6 Å². The number of benzene rings is 2. The van der Waals surface area contributed by atoms with E-state index in [0.717, 1.165) is 16.9 Å². The quantitative estimate of drug-likeness (QED) is 0.197. The number of guanidine groups is 1. The van der Waals surface area contributed by atoms with Crippen LogP contribution < -0.4 is 20.1 Å². The lowest BCUT2D eigenvalue weighted by Gasteiger charge is -2.17. The first-order valence-corrected chi connectivity index (χ1v) is 11.7. The summed E-state index contributed by atoms with van der Waals surface area (Å²) in [6, 6.07) is 14.0. The largest absolute Gasteiger partial charge is 0.491 e. The van der Waals surface area contributed by atoms with Crippen LogP contribution in [-0.2, 0) is 16.6 Å². The number of hydrogen-bond donors (Lipinski definition) is 4. The summed E-state index contributed by atoms with van der Waals surface area (Å²) >= 11 is 0. The zero-order valence-electron chi connectivity index (χ0n) is 18.8. The number of aliphatic imine (C=N–C) groups is 1. The van der Waals surface area contributed by atoms with Crippen LogP contribution in [0.25, 0.3) is 0 Å². The number of aliphatic hydroxyl groups excluding tert-OH is 1. The van der Waals surface area contributed by atoms with E-state index in [1.54, 1.807) is 24.3 Å². The Labute approximate surface area is 207 Å². The van der Waals surface area contributed by atoms with Gasteiger partial charge in [0.1, 0.15) is 5.75 Å². The van der Waals surface area contributed by atoms with Crippen LogP contribution in [0, 0.1) is 0 Å². The zero-order valence-corrected chi connectivity index (χ0v) is 22.0. The minimum Gasteiger partial charge on any atom is -0.491 e. The molecule has 1 atom stereocenters. The molecule has 2 aromatic rings. The van der Waals surface area contributed by atoms with Gasteiger partial charge in [0.2, 0.25) is 10.0 Å². The highest BCUT2D eigenvalue weighted by atomic mass is 127. The van der Waals surface area contributed by atoms with Crippen molar-refractivity contribution in [3.8, 4) is 5.75 Å². The Kier molecular flexibility index (Phi) is 12.0. The molecule has 0 heterocycles. The van der Waals surface area contributed by atoms with Gasteiger partial charge in [0.15, 0.2) is 5.96 Å². The topological polar surface area (TPSA) is 112 Å². The molecule has 0 aliphatic rings. The third kappa shape index (κ3) is 8.93. The van der Waals surface area contributed by atoms with Crippen molar-refractivity contribution >= 4 is 40.0 Å². The monoisotopic (exact) mass is 576 g/mol. The first-order valence-electron chi connectivity index (χ1n) is 10.2. The van der Waals surface area contributed by atoms with E-state index in [2.05, 4.69) is 20.3 Å². The van der Waals surface area contributed by atoms with Crippen molar-refractivity contribution in [1.29, 1.82) is 0 Å². The van der Waals surface area contributed by atoms with Crippen molar-refractivity contribution in [2.75, 3.05) is 20.1 Å². The summed E-state index contributed by atoms with van der Waals surface area (Å²) in [6.45, 7) is 7.17. The van der Waals surface area contributed by atoms with Crippen molar-refractivity contribution < 1.29 is 18.3 Å². The van der Waals surface area contributed by atoms with Crippen LogP contribution in [0.1, 0.15) is 38.0 Å². The molecule has 4 N–H and O–H groups in total. The molecule has 0 bridgehead atoms. The summed E-state index contributed by atoms with van der Waals surface area (Å²) in [5.74, 6) is 1.28. The lowest BCUT2D eigenvalue weighted by Crippen LogP contribution is -2.39. The molecule has 0 aliphatic carbocycles. The number of nitrogens with zero attached hydrogens (tertiary/aromatic N) is 1. The van der Waals surface area contributed by atoms with Crippen molar-refractivity contribution in [1.82, 2.24) is 15.4 Å². The molecule has 0 saturated heterocycles. The molecule has 8 nitrogen and oxygen atoms in total. The van der Waals surface area contributed by atoms with E-state index in [-0.39, 0.29) is 41.5 Å². The van der Waals surface area contributed by atoms with Gasteiger partial charge in [-0.2, -0.15) is 0 Å². The van der Waals surface area contributed by atoms with Gasteiger partial charge >= 0.3 is 0 Å². The van der Waals surface area contributed by atoms with Crippen LogP contribution in [0.3, 0.4) is 0 Å². The molecule has 0 fully saturated rings. The van der Waals surface area contributed by atoms with Gasteiger partial charge in [-0.05, 0) is 63.2 Å². The fourth-order valence-corrected chi connectivity index (χ4v) is 3.51. The lowest BCUT2D eigenvalue weighted by molar-refractivity contribution is 0.179. The van der Waals surface area contributed by atoms with Crippen LogP contribution in [0.4, 0.5) is 0 Å². The molecule has 2 aromatic carbocycles. The van der Waals surface area contributed by atoms with E-state index >= 15 is 0 Å². The van der Waals surface area contributed by atoms with E-state index in [1.165, 1.54) is 7.05 Å². The van der Waals surface area contributed by atoms with Gasteiger partial charge in [-0.3, -0.25) is 0 Å². The van der Waals surface area contributed by atoms with Crippen LogP contribution in [0.2, 0.25) is 0 Å². The average molecular weight is 577 g/mol. The minimum atomic E-state index is -3.46. The Morgan fingerprint density at radius 2 is 1.81 bits per heavy atom. The van der Waals surface area contributed by atoms with Crippen LogP contribution in [-0.4, -0.2) is 45.7 Å². The smallest absolute Gasteiger partial charge is 0.240 e. The summed E-state index contributed by atoms with van der Waals surface area (Å²) in [5, 5.41) is 16.8. The lowest BCUT2D eigenvalue weighted by atomic mass is 10.1. The molecule has 10 heteroatoms. The Morgan fingerprint density at radius 1 is 1.12 bits per heavy atom. The average Bonchev–Trinajstić information content (AvgIpc) is 2.75. The maximum atomic E-state index is 11.8. The number of nitrogens with one attached hydrogen (secondary N) is 3. The Hall–Kier alpha value is -1.89. The van der Waals surface area contributed by atoms with Gasteiger partial charge < -0.3 is 20.5 Å². The number of rotatable bonds is 10. The Morgan fingerprint density at radius 3 is 2.41 bits per heavy atom. The molecule has 0 aromatic heterocycles. The predicted molar refractivity (Wildman–Crippen MR) is 138 cm³/mol. The molecule has 0 amide bonds. The highest BCUT2D eigenvalue weighted by molar-refractivity contribution is 14.0. The molecular formula is C22H33IN4O4S. The molecule has 0 spiro atoms. The highest BCUT2D eigenvalue weighted by Gasteiger charge is 2.12. The number of sulfonamides is 1. The third-order valence-electron chi connectivity index (χ3n) is 4.34. The van der Waals surface area contributed by atoms with E-state index in [1.807, 2.05) is 45.0 Å². The Balaban J connectivity index is 0.00000512. The van der Waals surface area contributed by atoms with Gasteiger partial charge in [-0.25, -0.2) is 18.1 Å². The van der Waals surface area contributed by atoms with E-state index in [0.29, 0.717) is 19.0 Å². The molecule has 178 valence electrons. The highest BCUT2D eigenvalue weighted by Crippen LogP contribution is 2.20. The fourth-order valence-electron chi connectivity index (χ4n) is 2.78.